The van der Waals surface area contributed by atoms with Crippen LogP contribution in [0.1, 0.15) is 0 Å². The molecule has 3 rings (SSSR count). The van der Waals surface area contributed by atoms with E-state index >= 15 is 0 Å². The zero-order chi connectivity index (χ0) is 12.5. The highest BCUT2D eigenvalue weighted by atomic mass is 16.5. The van der Waals surface area contributed by atoms with E-state index in [9.17, 15) is 0 Å². The highest BCUT2D eigenvalue weighted by Crippen LogP contribution is 2.29. The predicted octanol–water partition coefficient (Wildman–Crippen LogP) is 2.34. The molecule has 0 amide bonds. The zero-order valence-corrected chi connectivity index (χ0v) is 9.87. The van der Waals surface area contributed by atoms with E-state index in [2.05, 4.69) is 9.97 Å². The van der Waals surface area contributed by atoms with Crippen LogP contribution in [0.15, 0.2) is 42.9 Å². The molecule has 0 spiro atoms. The van der Waals surface area contributed by atoms with E-state index < -0.39 is 0 Å². The van der Waals surface area contributed by atoms with Crippen molar-refractivity contribution in [3.63, 3.8) is 0 Å². The Morgan fingerprint density at radius 3 is 2.83 bits per heavy atom. The number of ether oxygens (including phenoxy) is 1. The minimum atomic E-state index is 0.464. The summed E-state index contributed by atoms with van der Waals surface area (Å²) in [5.41, 5.74) is 8.11. The maximum Gasteiger partial charge on any atom is 0.247 e. The van der Waals surface area contributed by atoms with Crippen molar-refractivity contribution in [2.24, 2.45) is 7.05 Å². The molecule has 5 nitrogen and oxygen atoms in total. The topological polar surface area (TPSA) is 66.0 Å². The molecule has 0 radical (unpaired) electrons. The number of hydrogen-bond donors (Lipinski definition) is 1. The standard InChI is InChI=1S/C13H12N4O/c1-17-8-16-12-10(17)6-7-15-13(12)18-11-5-3-2-4-9(11)14/h2-8H,14H2,1H3. The number of nitrogen functional groups attached to an aromatic ring is 1. The quantitative estimate of drug-likeness (QED) is 0.698. The number of nitrogens with zero attached hydrogens (tertiary/aromatic N) is 3. The van der Waals surface area contributed by atoms with E-state index in [1.807, 2.05) is 29.8 Å². The smallest absolute Gasteiger partial charge is 0.247 e. The third kappa shape index (κ3) is 1.66. The molecule has 0 fully saturated rings. The molecule has 2 aromatic heterocycles. The molecule has 0 aliphatic heterocycles. The number of aryl methyl sites for hydroxylation is 1. The summed E-state index contributed by atoms with van der Waals surface area (Å²) in [6.07, 6.45) is 3.42. The van der Waals surface area contributed by atoms with Gasteiger partial charge in [-0.2, -0.15) is 0 Å². The predicted molar refractivity (Wildman–Crippen MR) is 69.4 cm³/mol. The van der Waals surface area contributed by atoms with Crippen molar-refractivity contribution < 1.29 is 4.74 Å². The molecule has 0 aliphatic rings. The number of anilines is 1. The summed E-state index contributed by atoms with van der Waals surface area (Å²) in [5.74, 6) is 1.05. The van der Waals surface area contributed by atoms with Gasteiger partial charge in [0, 0.05) is 13.2 Å². The van der Waals surface area contributed by atoms with Crippen LogP contribution in [0.5, 0.6) is 11.6 Å². The number of nitrogens with two attached hydrogens (primary N) is 1. The van der Waals surface area contributed by atoms with Crippen LogP contribution in [-0.4, -0.2) is 14.5 Å². The van der Waals surface area contributed by atoms with Gasteiger partial charge in [-0.15, -0.1) is 0 Å². The Bertz CT molecular complexity index is 705. The van der Waals surface area contributed by atoms with Crippen molar-refractivity contribution in [1.82, 2.24) is 14.5 Å². The van der Waals surface area contributed by atoms with E-state index in [1.54, 1.807) is 24.7 Å². The molecule has 3 aromatic rings. The second-order valence-corrected chi connectivity index (χ2v) is 3.98. The molecule has 0 aliphatic carbocycles. The largest absolute Gasteiger partial charge is 0.435 e. The Morgan fingerprint density at radius 1 is 1.17 bits per heavy atom. The molecule has 0 saturated heterocycles. The first-order valence-corrected chi connectivity index (χ1v) is 5.54. The van der Waals surface area contributed by atoms with Crippen molar-refractivity contribution in [1.29, 1.82) is 0 Å². The monoisotopic (exact) mass is 240 g/mol. The number of aromatic nitrogens is 3. The average Bonchev–Trinajstić information content (AvgIpc) is 2.76. The number of fused-ring (bicyclic) bond motifs is 1. The summed E-state index contributed by atoms with van der Waals surface area (Å²) in [4.78, 5) is 8.48. The van der Waals surface area contributed by atoms with Crippen LogP contribution in [-0.2, 0) is 7.05 Å². The molecule has 0 bridgehead atoms. The van der Waals surface area contributed by atoms with Gasteiger partial charge in [0.2, 0.25) is 5.88 Å². The fourth-order valence-electron chi connectivity index (χ4n) is 1.79. The lowest BCUT2D eigenvalue weighted by Crippen LogP contribution is -1.94. The van der Waals surface area contributed by atoms with Gasteiger partial charge in [0.25, 0.3) is 0 Å². The minimum absolute atomic E-state index is 0.464. The first kappa shape index (κ1) is 10.6. The molecule has 0 unspecified atom stereocenters. The highest BCUT2D eigenvalue weighted by molar-refractivity contribution is 5.80. The molecule has 1 aromatic carbocycles. The molecule has 18 heavy (non-hydrogen) atoms. The van der Waals surface area contributed by atoms with E-state index in [0.29, 0.717) is 17.3 Å². The van der Waals surface area contributed by atoms with E-state index in [1.165, 1.54) is 0 Å². The summed E-state index contributed by atoms with van der Waals surface area (Å²) in [6, 6.07) is 9.21. The van der Waals surface area contributed by atoms with Gasteiger partial charge in [-0.25, -0.2) is 9.97 Å². The van der Waals surface area contributed by atoms with Gasteiger partial charge in [-0.1, -0.05) is 12.1 Å². The van der Waals surface area contributed by atoms with Crippen LogP contribution in [0, 0.1) is 0 Å². The zero-order valence-electron chi connectivity index (χ0n) is 9.87. The fourth-order valence-corrected chi connectivity index (χ4v) is 1.79. The van der Waals surface area contributed by atoms with Crippen LogP contribution in [0.4, 0.5) is 5.69 Å². The SMILES string of the molecule is Cn1cnc2c(Oc3ccccc3N)nccc21. The maximum absolute atomic E-state index is 5.84. The fraction of sp³-hybridized carbons (Fsp3) is 0.0769. The van der Waals surface area contributed by atoms with Gasteiger partial charge in [-0.3, -0.25) is 0 Å². The molecule has 5 heteroatoms. The summed E-state index contributed by atoms with van der Waals surface area (Å²) in [7, 11) is 1.93. The van der Waals surface area contributed by atoms with Crippen molar-refractivity contribution in [2.45, 2.75) is 0 Å². The Balaban J connectivity index is 2.08. The minimum Gasteiger partial charge on any atom is -0.435 e. The van der Waals surface area contributed by atoms with Crippen molar-refractivity contribution in [2.75, 3.05) is 5.73 Å². The van der Waals surface area contributed by atoms with E-state index in [4.69, 9.17) is 10.5 Å². The molecular weight excluding hydrogens is 228 g/mol. The van der Waals surface area contributed by atoms with Crippen molar-refractivity contribution in [3.8, 4) is 11.6 Å². The lowest BCUT2D eigenvalue weighted by Gasteiger charge is -2.07. The van der Waals surface area contributed by atoms with Crippen LogP contribution in [0.3, 0.4) is 0 Å². The Labute approximate surface area is 104 Å². The maximum atomic E-state index is 5.84. The molecule has 0 atom stereocenters. The molecule has 90 valence electrons. The lowest BCUT2D eigenvalue weighted by atomic mass is 10.3. The summed E-state index contributed by atoms with van der Waals surface area (Å²) < 4.78 is 7.64. The molecule has 0 saturated carbocycles. The van der Waals surface area contributed by atoms with Gasteiger partial charge in [0.15, 0.2) is 11.3 Å². The molecule has 2 N–H and O–H groups in total. The van der Waals surface area contributed by atoms with Gasteiger partial charge in [0.1, 0.15) is 0 Å². The second-order valence-electron chi connectivity index (χ2n) is 3.98. The second kappa shape index (κ2) is 4.03. The van der Waals surface area contributed by atoms with Crippen LogP contribution in [0.25, 0.3) is 11.0 Å². The van der Waals surface area contributed by atoms with Crippen LogP contribution >= 0.6 is 0 Å². The Morgan fingerprint density at radius 2 is 2.00 bits per heavy atom. The molecule has 2 heterocycles. The third-order valence-corrected chi connectivity index (χ3v) is 2.74. The first-order valence-electron chi connectivity index (χ1n) is 5.54. The lowest BCUT2D eigenvalue weighted by molar-refractivity contribution is 0.470. The summed E-state index contributed by atoms with van der Waals surface area (Å²) in [5, 5.41) is 0. The van der Waals surface area contributed by atoms with Gasteiger partial charge >= 0.3 is 0 Å². The van der Waals surface area contributed by atoms with Crippen molar-refractivity contribution in [3.05, 3.63) is 42.9 Å². The van der Waals surface area contributed by atoms with E-state index in [-0.39, 0.29) is 0 Å². The molecular formula is C13H12N4O. The Hall–Kier alpha value is -2.56. The van der Waals surface area contributed by atoms with Crippen molar-refractivity contribution >= 4 is 16.7 Å². The number of para-hydroxylation sites is 2. The van der Waals surface area contributed by atoms with Gasteiger partial charge < -0.3 is 15.0 Å². The third-order valence-electron chi connectivity index (χ3n) is 2.74. The number of imidazole rings is 1. The van der Waals surface area contributed by atoms with Crippen LogP contribution < -0.4 is 10.5 Å². The number of hydrogen-bond acceptors (Lipinski definition) is 4. The number of benzene rings is 1. The van der Waals surface area contributed by atoms with E-state index in [0.717, 1.165) is 11.0 Å². The normalized spacial score (nSPS) is 10.7. The van der Waals surface area contributed by atoms with Gasteiger partial charge in [0.05, 0.1) is 17.5 Å². The average molecular weight is 240 g/mol. The number of pyridine rings is 1. The highest BCUT2D eigenvalue weighted by Gasteiger charge is 2.10. The Kier molecular flexibility index (Phi) is 2.37. The van der Waals surface area contributed by atoms with Crippen LogP contribution in [0.2, 0.25) is 0 Å². The first-order chi connectivity index (χ1) is 8.75. The summed E-state index contributed by atoms with van der Waals surface area (Å²) >= 11 is 0. The summed E-state index contributed by atoms with van der Waals surface area (Å²) in [6.45, 7) is 0. The number of rotatable bonds is 2. The van der Waals surface area contributed by atoms with Gasteiger partial charge in [-0.05, 0) is 18.2 Å².